The number of hydrogen-bond donors (Lipinski definition) is 1. The summed E-state index contributed by atoms with van der Waals surface area (Å²) in [5.74, 6) is -0.696. The van der Waals surface area contributed by atoms with Gasteiger partial charge in [0.05, 0.1) is 17.1 Å². The fourth-order valence-electron chi connectivity index (χ4n) is 4.05. The molecule has 2 unspecified atom stereocenters. The normalized spacial score (nSPS) is 18.9. The third-order valence-corrected chi connectivity index (χ3v) is 7.47. The van der Waals surface area contributed by atoms with E-state index in [-0.39, 0.29) is 54.1 Å². The van der Waals surface area contributed by atoms with Crippen molar-refractivity contribution in [3.8, 4) is 0 Å². The van der Waals surface area contributed by atoms with E-state index in [1.54, 1.807) is 18.2 Å². The monoisotopic (exact) mass is 487 g/mol. The third kappa shape index (κ3) is 6.22. The number of aryl methyl sites for hydroxylation is 1. The van der Waals surface area contributed by atoms with E-state index >= 15 is 0 Å². The zero-order chi connectivity index (χ0) is 24.9. The number of benzene rings is 2. The summed E-state index contributed by atoms with van der Waals surface area (Å²) in [6.45, 7) is 8.24. The van der Waals surface area contributed by atoms with E-state index in [0.29, 0.717) is 18.7 Å². The van der Waals surface area contributed by atoms with Crippen LogP contribution < -0.4 is 5.32 Å². The lowest BCUT2D eigenvalue weighted by atomic mass is 10.2. The summed E-state index contributed by atoms with van der Waals surface area (Å²) in [6, 6.07) is 13.4. The first-order valence-corrected chi connectivity index (χ1v) is 13.0. The van der Waals surface area contributed by atoms with Gasteiger partial charge in [0, 0.05) is 30.9 Å². The molecular weight excluding hydrogens is 454 g/mol. The summed E-state index contributed by atoms with van der Waals surface area (Å²) in [6.07, 6.45) is 0.232. The van der Waals surface area contributed by atoms with Crippen molar-refractivity contribution in [1.82, 2.24) is 9.21 Å². The number of carbonyl (C=O) groups excluding carboxylic acids is 2. The predicted octanol–water partition coefficient (Wildman–Crippen LogP) is 3.28. The molecule has 1 heterocycles. The van der Waals surface area contributed by atoms with Crippen molar-refractivity contribution in [3.05, 3.63) is 59.7 Å². The molecule has 2 aromatic rings. The highest BCUT2D eigenvalue weighted by Gasteiger charge is 2.32. The van der Waals surface area contributed by atoms with Gasteiger partial charge in [-0.3, -0.25) is 9.59 Å². The second-order valence-electron chi connectivity index (χ2n) is 8.70. The van der Waals surface area contributed by atoms with Crippen molar-refractivity contribution in [2.45, 2.75) is 51.2 Å². The van der Waals surface area contributed by atoms with Gasteiger partial charge in [-0.1, -0.05) is 31.2 Å². The van der Waals surface area contributed by atoms with Crippen LogP contribution >= 0.6 is 0 Å². The van der Waals surface area contributed by atoms with Crippen LogP contribution in [0.4, 0.5) is 5.69 Å². The maximum absolute atomic E-state index is 13.3. The number of hydrogen-bond acceptors (Lipinski definition) is 5. The number of amides is 2. The molecule has 0 aliphatic carbocycles. The Balaban J connectivity index is 1.78. The number of rotatable bonds is 8. The average Bonchev–Trinajstić information content (AvgIpc) is 2.79. The van der Waals surface area contributed by atoms with Gasteiger partial charge in [-0.25, -0.2) is 8.42 Å². The summed E-state index contributed by atoms with van der Waals surface area (Å²) in [7, 11) is -3.79. The number of carbonyl (C=O) groups is 2. The highest BCUT2D eigenvalue weighted by atomic mass is 32.2. The second kappa shape index (κ2) is 11.1. The van der Waals surface area contributed by atoms with Crippen molar-refractivity contribution in [2.24, 2.45) is 0 Å². The van der Waals surface area contributed by atoms with Crippen molar-refractivity contribution in [3.63, 3.8) is 0 Å². The van der Waals surface area contributed by atoms with Crippen LogP contribution in [0.15, 0.2) is 53.4 Å². The fourth-order valence-corrected chi connectivity index (χ4v) is 5.68. The van der Waals surface area contributed by atoms with E-state index in [4.69, 9.17) is 4.74 Å². The summed E-state index contributed by atoms with van der Waals surface area (Å²) in [5, 5.41) is 2.85. The van der Waals surface area contributed by atoms with E-state index < -0.39 is 10.0 Å². The Labute approximate surface area is 201 Å². The van der Waals surface area contributed by atoms with Gasteiger partial charge in [-0.2, -0.15) is 4.31 Å². The van der Waals surface area contributed by atoms with E-state index in [9.17, 15) is 18.0 Å². The van der Waals surface area contributed by atoms with Crippen LogP contribution in [0.5, 0.6) is 0 Å². The molecular formula is C25H33N3O5S. The van der Waals surface area contributed by atoms with Crippen LogP contribution in [0, 0.1) is 6.92 Å². The quantitative estimate of drug-likeness (QED) is 0.617. The van der Waals surface area contributed by atoms with Gasteiger partial charge in [0.25, 0.3) is 5.91 Å². The van der Waals surface area contributed by atoms with Gasteiger partial charge in [-0.05, 0) is 57.0 Å². The minimum atomic E-state index is -3.79. The van der Waals surface area contributed by atoms with Crippen LogP contribution in [0.25, 0.3) is 0 Å². The molecule has 1 aliphatic heterocycles. The van der Waals surface area contributed by atoms with E-state index in [1.807, 2.05) is 45.9 Å². The molecule has 1 N–H and O–H groups in total. The van der Waals surface area contributed by atoms with E-state index in [2.05, 4.69) is 5.32 Å². The zero-order valence-corrected chi connectivity index (χ0v) is 21.0. The summed E-state index contributed by atoms with van der Waals surface area (Å²) >= 11 is 0. The largest absolute Gasteiger partial charge is 0.373 e. The maximum Gasteiger partial charge on any atom is 0.254 e. The summed E-state index contributed by atoms with van der Waals surface area (Å²) in [5.41, 5.74) is 1.85. The van der Waals surface area contributed by atoms with Gasteiger partial charge in [-0.15, -0.1) is 0 Å². The van der Waals surface area contributed by atoms with Gasteiger partial charge in [0.2, 0.25) is 15.9 Å². The van der Waals surface area contributed by atoms with Gasteiger partial charge in [0.15, 0.2) is 0 Å². The topological polar surface area (TPSA) is 96.0 Å². The molecule has 2 amide bonds. The first-order valence-electron chi connectivity index (χ1n) is 11.5. The van der Waals surface area contributed by atoms with E-state index in [1.165, 1.54) is 21.3 Å². The van der Waals surface area contributed by atoms with Crippen molar-refractivity contribution >= 4 is 27.5 Å². The molecule has 1 aliphatic rings. The molecule has 0 saturated carbocycles. The van der Waals surface area contributed by atoms with Gasteiger partial charge in [0.1, 0.15) is 6.54 Å². The number of para-hydroxylation sites is 1. The number of sulfonamides is 1. The first kappa shape index (κ1) is 25.9. The molecule has 34 heavy (non-hydrogen) atoms. The van der Waals surface area contributed by atoms with Crippen molar-refractivity contribution < 1.29 is 22.7 Å². The van der Waals surface area contributed by atoms with Gasteiger partial charge >= 0.3 is 0 Å². The predicted molar refractivity (Wildman–Crippen MR) is 131 cm³/mol. The minimum absolute atomic E-state index is 0.0560. The number of anilines is 1. The first-order chi connectivity index (χ1) is 16.1. The molecule has 0 spiro atoms. The van der Waals surface area contributed by atoms with Crippen LogP contribution in [-0.4, -0.2) is 67.8 Å². The van der Waals surface area contributed by atoms with Gasteiger partial charge < -0.3 is 15.0 Å². The smallest absolute Gasteiger partial charge is 0.254 e. The van der Waals surface area contributed by atoms with Crippen molar-refractivity contribution in [2.75, 3.05) is 31.5 Å². The molecule has 1 saturated heterocycles. The molecule has 0 radical (unpaired) electrons. The molecule has 0 aromatic heterocycles. The fraction of sp³-hybridized carbons (Fsp3) is 0.440. The number of morpholine rings is 1. The standard InChI is InChI=1S/C25H33N3O5S/c1-5-13-27(17-24(29)26-23-12-7-6-9-18(23)2)25(30)21-10-8-11-22(14-21)34(31,32)28-15-19(3)33-20(4)16-28/h6-12,14,19-20H,5,13,15-17H2,1-4H3,(H,26,29). The van der Waals surface area contributed by atoms with Crippen LogP contribution in [0.3, 0.4) is 0 Å². The van der Waals surface area contributed by atoms with Crippen LogP contribution in [0.2, 0.25) is 0 Å². The number of ether oxygens (including phenoxy) is 1. The molecule has 3 rings (SSSR count). The lowest BCUT2D eigenvalue weighted by Crippen LogP contribution is -2.48. The Morgan fingerprint density at radius 1 is 1.09 bits per heavy atom. The number of nitrogens with zero attached hydrogens (tertiary/aromatic N) is 2. The van der Waals surface area contributed by atoms with Crippen LogP contribution in [0.1, 0.15) is 43.1 Å². The molecule has 8 nitrogen and oxygen atoms in total. The molecule has 0 bridgehead atoms. The Bertz CT molecular complexity index is 1120. The molecule has 2 atom stereocenters. The molecule has 184 valence electrons. The Morgan fingerprint density at radius 2 is 1.76 bits per heavy atom. The Hall–Kier alpha value is -2.75. The lowest BCUT2D eigenvalue weighted by molar-refractivity contribution is -0.116. The molecule has 9 heteroatoms. The SMILES string of the molecule is CCCN(CC(=O)Nc1ccccc1C)C(=O)c1cccc(S(=O)(=O)N2CC(C)OC(C)C2)c1. The second-order valence-corrected chi connectivity index (χ2v) is 10.6. The van der Waals surface area contributed by atoms with E-state index in [0.717, 1.165) is 5.56 Å². The summed E-state index contributed by atoms with van der Waals surface area (Å²) < 4.78 is 33.5. The summed E-state index contributed by atoms with van der Waals surface area (Å²) in [4.78, 5) is 27.4. The third-order valence-electron chi connectivity index (χ3n) is 5.64. The van der Waals surface area contributed by atoms with Crippen molar-refractivity contribution in [1.29, 1.82) is 0 Å². The highest BCUT2D eigenvalue weighted by molar-refractivity contribution is 7.89. The lowest BCUT2D eigenvalue weighted by Gasteiger charge is -2.34. The average molecular weight is 488 g/mol. The maximum atomic E-state index is 13.3. The molecule has 2 aromatic carbocycles. The minimum Gasteiger partial charge on any atom is -0.373 e. The Kier molecular flexibility index (Phi) is 8.46. The number of nitrogens with one attached hydrogen (secondary N) is 1. The zero-order valence-electron chi connectivity index (χ0n) is 20.2. The molecule has 1 fully saturated rings. The van der Waals surface area contributed by atoms with Crippen LogP contribution in [-0.2, 0) is 19.6 Å². The Morgan fingerprint density at radius 3 is 2.41 bits per heavy atom. The highest BCUT2D eigenvalue weighted by Crippen LogP contribution is 2.22.